The zero-order valence-corrected chi connectivity index (χ0v) is 15.4. The van der Waals surface area contributed by atoms with Gasteiger partial charge in [0.25, 0.3) is 0 Å². The molecule has 4 bridgehead atoms. The van der Waals surface area contributed by atoms with Gasteiger partial charge in [0.2, 0.25) is 5.91 Å². The smallest absolute Gasteiger partial charge is 0.229 e. The number of hydrogen-bond donors (Lipinski definition) is 0. The molecule has 0 aliphatic heterocycles. The molecule has 4 fully saturated rings. The third-order valence-electron chi connectivity index (χ3n) is 7.01. The van der Waals surface area contributed by atoms with E-state index in [-0.39, 0.29) is 11.5 Å². The van der Waals surface area contributed by atoms with Crippen LogP contribution in [0.2, 0.25) is 0 Å². The summed E-state index contributed by atoms with van der Waals surface area (Å²) in [5, 5.41) is 0. The van der Waals surface area contributed by atoms with E-state index < -0.39 is 0 Å². The quantitative estimate of drug-likeness (QED) is 0.843. The minimum absolute atomic E-state index is 0.00545. The van der Waals surface area contributed by atoms with Gasteiger partial charge >= 0.3 is 0 Å². The second-order valence-electron chi connectivity index (χ2n) is 9.64. The Morgan fingerprint density at radius 3 is 2.42 bits per heavy atom. The molecule has 1 amide bonds. The fraction of sp³-hybridized carbons (Fsp3) is 0.750. The largest absolute Gasteiger partial charge is 0.337 e. The fourth-order valence-corrected chi connectivity index (χ4v) is 6.98. The summed E-state index contributed by atoms with van der Waals surface area (Å²) in [5.41, 5.74) is 1.51. The van der Waals surface area contributed by atoms with Crippen LogP contribution in [0.4, 0.5) is 0 Å². The van der Waals surface area contributed by atoms with E-state index >= 15 is 0 Å². The number of carbonyl (C=O) groups excluding carboxylic acids is 1. The molecule has 130 valence electrons. The van der Waals surface area contributed by atoms with Gasteiger partial charge in [-0.3, -0.25) is 4.79 Å². The van der Waals surface area contributed by atoms with Crippen LogP contribution in [0.25, 0.3) is 0 Å². The Kier molecular flexibility index (Phi) is 3.36. The zero-order chi connectivity index (χ0) is 17.2. The molecule has 1 aromatic rings. The van der Waals surface area contributed by atoms with Crippen LogP contribution >= 0.6 is 0 Å². The monoisotopic (exact) mass is 327 g/mol. The molecule has 0 radical (unpaired) electrons. The molecule has 0 spiro atoms. The van der Waals surface area contributed by atoms with Crippen LogP contribution in [0.1, 0.15) is 71.0 Å². The van der Waals surface area contributed by atoms with Gasteiger partial charge in [-0.2, -0.15) is 0 Å². The standard InChI is InChI=1S/C20H29N3O/c1-14(16-5-6-21-13-22-16)23(4)17(24)20-9-15-7-18(2,11-20)10-19(3,8-15)12-20/h5-6,13-15H,7-12H2,1-4H3/t14-,15?,18-,19+,20?/m1/s1. The predicted molar refractivity (Wildman–Crippen MR) is 93.1 cm³/mol. The van der Waals surface area contributed by atoms with Gasteiger partial charge in [0.1, 0.15) is 6.33 Å². The van der Waals surface area contributed by atoms with Crippen molar-refractivity contribution in [3.05, 3.63) is 24.3 Å². The lowest BCUT2D eigenvalue weighted by atomic mass is 9.40. The molecular weight excluding hydrogens is 298 g/mol. The summed E-state index contributed by atoms with van der Waals surface area (Å²) in [6.45, 7) is 6.92. The maximum atomic E-state index is 13.6. The van der Waals surface area contributed by atoms with Crippen LogP contribution < -0.4 is 0 Å². The first kappa shape index (κ1) is 16.0. The number of rotatable bonds is 3. The molecule has 2 unspecified atom stereocenters. The maximum absolute atomic E-state index is 13.6. The van der Waals surface area contributed by atoms with Gasteiger partial charge in [-0.05, 0) is 68.3 Å². The Morgan fingerprint density at radius 1 is 1.21 bits per heavy atom. The molecular formula is C20H29N3O. The first-order valence-electron chi connectivity index (χ1n) is 9.28. The Labute approximate surface area is 145 Å². The summed E-state index contributed by atoms with van der Waals surface area (Å²) in [6.07, 6.45) is 10.5. The molecule has 0 saturated heterocycles. The molecule has 4 aliphatic carbocycles. The Hall–Kier alpha value is -1.45. The predicted octanol–water partition coefficient (Wildman–Crippen LogP) is 3.99. The van der Waals surface area contributed by atoms with Gasteiger partial charge in [-0.15, -0.1) is 0 Å². The van der Waals surface area contributed by atoms with Gasteiger partial charge in [-0.1, -0.05) is 13.8 Å². The number of carbonyl (C=O) groups is 1. The van der Waals surface area contributed by atoms with Crippen molar-refractivity contribution in [3.63, 3.8) is 0 Å². The highest BCUT2D eigenvalue weighted by atomic mass is 16.2. The minimum Gasteiger partial charge on any atom is -0.337 e. The van der Waals surface area contributed by atoms with Crippen LogP contribution in [0.5, 0.6) is 0 Å². The SMILES string of the molecule is C[C@H](c1ccncn1)N(C)C(=O)C12CC3C[C@@](C)(C1)C[C@](C)(C3)C2. The molecule has 24 heavy (non-hydrogen) atoms. The van der Waals surface area contributed by atoms with E-state index in [1.54, 1.807) is 12.5 Å². The van der Waals surface area contributed by atoms with Gasteiger partial charge in [-0.25, -0.2) is 9.97 Å². The normalized spacial score (nSPS) is 41.2. The van der Waals surface area contributed by atoms with Crippen LogP contribution in [0.15, 0.2) is 18.6 Å². The first-order chi connectivity index (χ1) is 11.2. The molecule has 0 aromatic carbocycles. The van der Waals surface area contributed by atoms with Gasteiger partial charge in [0.05, 0.1) is 17.2 Å². The molecule has 4 nitrogen and oxygen atoms in total. The maximum Gasteiger partial charge on any atom is 0.229 e. The summed E-state index contributed by atoms with van der Waals surface area (Å²) in [5.74, 6) is 1.08. The van der Waals surface area contributed by atoms with E-state index in [2.05, 4.69) is 30.7 Å². The highest BCUT2D eigenvalue weighted by Gasteiger charge is 2.63. The second-order valence-corrected chi connectivity index (χ2v) is 9.64. The van der Waals surface area contributed by atoms with Gasteiger partial charge in [0, 0.05) is 13.2 Å². The third kappa shape index (κ3) is 2.37. The lowest BCUT2D eigenvalue weighted by Crippen LogP contribution is -2.60. The molecule has 4 saturated carbocycles. The minimum atomic E-state index is -0.140. The van der Waals surface area contributed by atoms with E-state index in [4.69, 9.17) is 0 Å². The van der Waals surface area contributed by atoms with Gasteiger partial charge in [0.15, 0.2) is 0 Å². The molecule has 1 aromatic heterocycles. The zero-order valence-electron chi connectivity index (χ0n) is 15.4. The van der Waals surface area contributed by atoms with Crippen molar-refractivity contribution >= 4 is 5.91 Å². The van der Waals surface area contributed by atoms with Crippen molar-refractivity contribution in [2.45, 2.75) is 65.3 Å². The highest BCUT2D eigenvalue weighted by Crippen LogP contribution is 2.69. The van der Waals surface area contributed by atoms with E-state index in [0.717, 1.165) is 30.9 Å². The Bertz CT molecular complexity index is 640. The summed E-state index contributed by atoms with van der Waals surface area (Å²) in [6, 6.07) is 1.91. The molecule has 0 N–H and O–H groups in total. The number of nitrogens with zero attached hydrogens (tertiary/aromatic N) is 3. The summed E-state index contributed by atoms with van der Waals surface area (Å²) < 4.78 is 0. The number of amides is 1. The average Bonchev–Trinajstić information content (AvgIpc) is 2.50. The van der Waals surface area contributed by atoms with Crippen molar-refractivity contribution in [2.24, 2.45) is 22.2 Å². The van der Waals surface area contributed by atoms with Gasteiger partial charge < -0.3 is 4.90 Å². The van der Waals surface area contributed by atoms with Crippen molar-refractivity contribution in [2.75, 3.05) is 7.05 Å². The van der Waals surface area contributed by atoms with Crippen LogP contribution in [0, 0.1) is 22.2 Å². The Morgan fingerprint density at radius 2 is 1.88 bits per heavy atom. The summed E-state index contributed by atoms with van der Waals surface area (Å²) in [4.78, 5) is 23.9. The summed E-state index contributed by atoms with van der Waals surface area (Å²) >= 11 is 0. The molecule has 4 heteroatoms. The van der Waals surface area contributed by atoms with E-state index in [1.807, 2.05) is 18.0 Å². The van der Waals surface area contributed by atoms with E-state index in [0.29, 0.717) is 16.7 Å². The topological polar surface area (TPSA) is 46.1 Å². The second kappa shape index (κ2) is 5.03. The molecule has 4 aliphatic rings. The van der Waals surface area contributed by atoms with Crippen molar-refractivity contribution in [1.29, 1.82) is 0 Å². The number of aromatic nitrogens is 2. The fourth-order valence-electron chi connectivity index (χ4n) is 6.98. The van der Waals surface area contributed by atoms with Crippen LogP contribution in [-0.2, 0) is 4.79 Å². The summed E-state index contributed by atoms with van der Waals surface area (Å²) in [7, 11) is 1.96. The van der Waals surface area contributed by atoms with Crippen LogP contribution in [0.3, 0.4) is 0 Å². The number of hydrogen-bond acceptors (Lipinski definition) is 3. The molecule has 5 atom stereocenters. The Balaban J connectivity index is 1.62. The molecule has 5 rings (SSSR count). The van der Waals surface area contributed by atoms with Crippen LogP contribution in [-0.4, -0.2) is 27.8 Å². The van der Waals surface area contributed by atoms with Crippen molar-refractivity contribution in [3.8, 4) is 0 Å². The average molecular weight is 327 g/mol. The lowest BCUT2D eigenvalue weighted by Gasteiger charge is -2.65. The highest BCUT2D eigenvalue weighted by molar-refractivity contribution is 5.83. The van der Waals surface area contributed by atoms with E-state index in [1.165, 1.54) is 19.3 Å². The van der Waals surface area contributed by atoms with Crippen molar-refractivity contribution in [1.82, 2.24) is 14.9 Å². The third-order valence-corrected chi connectivity index (χ3v) is 7.01. The van der Waals surface area contributed by atoms with E-state index in [9.17, 15) is 4.79 Å². The molecule has 1 heterocycles. The lowest BCUT2D eigenvalue weighted by molar-refractivity contribution is -0.180. The first-order valence-corrected chi connectivity index (χ1v) is 9.28. The van der Waals surface area contributed by atoms with Crippen molar-refractivity contribution < 1.29 is 4.79 Å².